The first-order valence-electron chi connectivity index (χ1n) is 4.19. The van der Waals surface area contributed by atoms with E-state index in [0.29, 0.717) is 11.4 Å². The van der Waals surface area contributed by atoms with Crippen LogP contribution in [0.15, 0.2) is 18.3 Å². The van der Waals surface area contributed by atoms with Crippen molar-refractivity contribution in [3.05, 3.63) is 23.9 Å². The molecule has 0 aliphatic heterocycles. The number of anilines is 1. The molecular weight excluding hydrogens is 190 g/mol. The van der Waals surface area contributed by atoms with Crippen molar-refractivity contribution in [2.75, 3.05) is 18.5 Å². The highest BCUT2D eigenvalue weighted by atomic mass is 19.3. The molecule has 1 N–H and O–H groups in total. The molecule has 0 fully saturated rings. The standard InChI is InChI=1S/C9H12F2N2O/c1-13(5-8(10)11)9-7(6-14)3-2-4-12-9/h2-4,8,14H,5-6H2,1H3. The third-order valence-corrected chi connectivity index (χ3v) is 1.81. The lowest BCUT2D eigenvalue weighted by molar-refractivity contribution is 0.156. The highest BCUT2D eigenvalue weighted by Crippen LogP contribution is 2.16. The summed E-state index contributed by atoms with van der Waals surface area (Å²) in [4.78, 5) is 5.26. The van der Waals surface area contributed by atoms with Crippen molar-refractivity contribution < 1.29 is 13.9 Å². The van der Waals surface area contributed by atoms with Gasteiger partial charge in [-0.1, -0.05) is 6.07 Å². The average Bonchev–Trinajstić information content (AvgIpc) is 2.16. The Balaban J connectivity index is 2.82. The lowest BCUT2D eigenvalue weighted by atomic mass is 10.2. The number of pyridine rings is 1. The molecule has 0 saturated carbocycles. The molecule has 0 spiro atoms. The summed E-state index contributed by atoms with van der Waals surface area (Å²) < 4.78 is 24.1. The fourth-order valence-electron chi connectivity index (χ4n) is 1.19. The van der Waals surface area contributed by atoms with Crippen LogP contribution in [0.5, 0.6) is 0 Å². The molecule has 0 radical (unpaired) electrons. The third-order valence-electron chi connectivity index (χ3n) is 1.81. The van der Waals surface area contributed by atoms with Crippen molar-refractivity contribution >= 4 is 5.82 Å². The van der Waals surface area contributed by atoms with Crippen LogP contribution in [0.3, 0.4) is 0 Å². The number of rotatable bonds is 4. The van der Waals surface area contributed by atoms with Crippen molar-refractivity contribution in [1.29, 1.82) is 0 Å². The predicted molar refractivity (Wildman–Crippen MR) is 49.4 cm³/mol. The van der Waals surface area contributed by atoms with Gasteiger partial charge in [-0.25, -0.2) is 13.8 Å². The minimum atomic E-state index is -2.41. The quantitative estimate of drug-likeness (QED) is 0.798. The van der Waals surface area contributed by atoms with Gasteiger partial charge in [-0.05, 0) is 6.07 Å². The van der Waals surface area contributed by atoms with Gasteiger partial charge >= 0.3 is 0 Å². The van der Waals surface area contributed by atoms with E-state index in [4.69, 9.17) is 5.11 Å². The molecule has 0 unspecified atom stereocenters. The molecule has 78 valence electrons. The second-order valence-corrected chi connectivity index (χ2v) is 2.92. The maximum Gasteiger partial charge on any atom is 0.255 e. The van der Waals surface area contributed by atoms with Gasteiger partial charge in [-0.3, -0.25) is 0 Å². The van der Waals surface area contributed by atoms with Gasteiger partial charge in [0.25, 0.3) is 6.43 Å². The molecule has 1 heterocycles. The Morgan fingerprint density at radius 2 is 2.29 bits per heavy atom. The normalized spacial score (nSPS) is 10.6. The largest absolute Gasteiger partial charge is 0.392 e. The Hall–Kier alpha value is -1.23. The summed E-state index contributed by atoms with van der Waals surface area (Å²) in [6.45, 7) is -0.583. The molecule has 0 saturated heterocycles. The fourth-order valence-corrected chi connectivity index (χ4v) is 1.19. The molecule has 0 aliphatic rings. The van der Waals surface area contributed by atoms with E-state index in [1.807, 2.05) is 0 Å². The minimum Gasteiger partial charge on any atom is -0.392 e. The van der Waals surface area contributed by atoms with E-state index < -0.39 is 6.43 Å². The SMILES string of the molecule is CN(CC(F)F)c1ncccc1CO. The van der Waals surface area contributed by atoms with Gasteiger partial charge < -0.3 is 10.0 Å². The monoisotopic (exact) mass is 202 g/mol. The van der Waals surface area contributed by atoms with Crippen LogP contribution in [0.1, 0.15) is 5.56 Å². The summed E-state index contributed by atoms with van der Waals surface area (Å²) in [5.74, 6) is 0.398. The van der Waals surface area contributed by atoms with Crippen LogP contribution >= 0.6 is 0 Å². The lowest BCUT2D eigenvalue weighted by Crippen LogP contribution is -2.26. The number of hydrogen-bond acceptors (Lipinski definition) is 3. The molecule has 1 rings (SSSR count). The van der Waals surface area contributed by atoms with Crippen molar-refractivity contribution in [1.82, 2.24) is 4.98 Å². The molecule has 14 heavy (non-hydrogen) atoms. The Morgan fingerprint density at radius 1 is 1.57 bits per heavy atom. The highest BCUT2D eigenvalue weighted by molar-refractivity contribution is 5.45. The number of hydrogen-bond donors (Lipinski definition) is 1. The van der Waals surface area contributed by atoms with Crippen molar-refractivity contribution in [2.45, 2.75) is 13.0 Å². The van der Waals surface area contributed by atoms with Gasteiger partial charge in [0.2, 0.25) is 0 Å². The van der Waals surface area contributed by atoms with E-state index in [-0.39, 0.29) is 13.2 Å². The van der Waals surface area contributed by atoms with Gasteiger partial charge in [-0.15, -0.1) is 0 Å². The van der Waals surface area contributed by atoms with E-state index in [1.54, 1.807) is 12.1 Å². The van der Waals surface area contributed by atoms with Crippen LogP contribution in [0.4, 0.5) is 14.6 Å². The topological polar surface area (TPSA) is 36.4 Å². The summed E-state index contributed by atoms with van der Waals surface area (Å²) >= 11 is 0. The number of aromatic nitrogens is 1. The van der Waals surface area contributed by atoms with Gasteiger partial charge in [0, 0.05) is 18.8 Å². The summed E-state index contributed by atoms with van der Waals surface area (Å²) in [5, 5.41) is 8.95. The van der Waals surface area contributed by atoms with E-state index in [9.17, 15) is 8.78 Å². The second kappa shape index (κ2) is 4.85. The van der Waals surface area contributed by atoms with Gasteiger partial charge in [0.05, 0.1) is 13.2 Å². The minimum absolute atomic E-state index is 0.198. The fraction of sp³-hybridized carbons (Fsp3) is 0.444. The van der Waals surface area contributed by atoms with Crippen molar-refractivity contribution in [3.8, 4) is 0 Å². The summed E-state index contributed by atoms with van der Waals surface area (Å²) in [6.07, 6.45) is -0.898. The van der Waals surface area contributed by atoms with Crippen LogP contribution in [-0.2, 0) is 6.61 Å². The third kappa shape index (κ3) is 2.63. The smallest absolute Gasteiger partial charge is 0.255 e. The molecule has 1 aromatic rings. The molecule has 5 heteroatoms. The summed E-state index contributed by atoms with van der Waals surface area (Å²) in [5.41, 5.74) is 0.552. The lowest BCUT2D eigenvalue weighted by Gasteiger charge is -2.19. The zero-order valence-corrected chi connectivity index (χ0v) is 7.82. The van der Waals surface area contributed by atoms with Crippen LogP contribution in [0.2, 0.25) is 0 Å². The van der Waals surface area contributed by atoms with Crippen LogP contribution in [0.25, 0.3) is 0 Å². The number of nitrogens with zero attached hydrogens (tertiary/aromatic N) is 2. The average molecular weight is 202 g/mol. The Morgan fingerprint density at radius 3 is 2.86 bits per heavy atom. The van der Waals surface area contributed by atoms with Crippen LogP contribution in [-0.4, -0.2) is 30.1 Å². The number of aliphatic hydroxyl groups is 1. The number of aliphatic hydroxyl groups excluding tert-OH is 1. The predicted octanol–water partition coefficient (Wildman–Crippen LogP) is 1.28. The maximum atomic E-state index is 12.1. The maximum absolute atomic E-state index is 12.1. The van der Waals surface area contributed by atoms with Gasteiger partial charge in [0.1, 0.15) is 5.82 Å². The first-order chi connectivity index (χ1) is 6.65. The Bertz CT molecular complexity index is 294. The highest BCUT2D eigenvalue weighted by Gasteiger charge is 2.12. The Kier molecular flexibility index (Phi) is 3.76. The van der Waals surface area contributed by atoms with Gasteiger partial charge in [0.15, 0.2) is 0 Å². The molecule has 0 bridgehead atoms. The zero-order valence-electron chi connectivity index (χ0n) is 7.82. The van der Waals surface area contributed by atoms with Gasteiger partial charge in [-0.2, -0.15) is 0 Å². The summed E-state index contributed by atoms with van der Waals surface area (Å²) in [6, 6.07) is 3.32. The Labute approximate surface area is 81.0 Å². The zero-order chi connectivity index (χ0) is 10.6. The second-order valence-electron chi connectivity index (χ2n) is 2.92. The van der Waals surface area contributed by atoms with Crippen LogP contribution < -0.4 is 4.90 Å². The molecule has 0 aromatic carbocycles. The van der Waals surface area contributed by atoms with E-state index >= 15 is 0 Å². The molecule has 0 amide bonds. The van der Waals surface area contributed by atoms with E-state index in [0.717, 1.165) is 0 Å². The van der Waals surface area contributed by atoms with Crippen molar-refractivity contribution in [2.24, 2.45) is 0 Å². The van der Waals surface area contributed by atoms with E-state index in [2.05, 4.69) is 4.98 Å². The molecule has 0 atom stereocenters. The first-order valence-corrected chi connectivity index (χ1v) is 4.19. The van der Waals surface area contributed by atoms with Crippen molar-refractivity contribution in [3.63, 3.8) is 0 Å². The summed E-state index contributed by atoms with van der Waals surface area (Å²) in [7, 11) is 1.52. The molecule has 0 aliphatic carbocycles. The van der Waals surface area contributed by atoms with E-state index in [1.165, 1.54) is 18.1 Å². The van der Waals surface area contributed by atoms with Crippen LogP contribution in [0, 0.1) is 0 Å². The first kappa shape index (κ1) is 10.8. The molecule has 3 nitrogen and oxygen atoms in total. The molecule has 1 aromatic heterocycles. The molecular formula is C9H12F2N2O. The number of alkyl halides is 2. The number of halogens is 2.